The van der Waals surface area contributed by atoms with Gasteiger partial charge in [0, 0.05) is 4.47 Å². The quantitative estimate of drug-likeness (QED) is 0.536. The number of nitrogens with one attached hydrogen (secondary N) is 1. The normalized spacial score (nSPS) is 11.0. The van der Waals surface area contributed by atoms with Crippen LogP contribution in [0.25, 0.3) is 11.4 Å². The van der Waals surface area contributed by atoms with Gasteiger partial charge in [-0.15, -0.1) is 0 Å². The molecule has 1 aromatic heterocycles. The molecule has 0 unspecified atom stereocenters. The van der Waals surface area contributed by atoms with Crippen molar-refractivity contribution in [3.63, 3.8) is 0 Å². The summed E-state index contributed by atoms with van der Waals surface area (Å²) in [5.41, 5.74) is 1.77. The van der Waals surface area contributed by atoms with Crippen LogP contribution in [0.1, 0.15) is 5.56 Å². The van der Waals surface area contributed by atoms with Crippen LogP contribution in [0.15, 0.2) is 58.1 Å². The van der Waals surface area contributed by atoms with Gasteiger partial charge in [-0.25, -0.2) is 5.10 Å². The second-order valence-electron chi connectivity index (χ2n) is 4.66. The molecule has 0 fully saturated rings. The highest BCUT2D eigenvalue weighted by Gasteiger charge is 2.12. The van der Waals surface area contributed by atoms with Crippen molar-refractivity contribution in [2.45, 2.75) is 0 Å². The fourth-order valence-electron chi connectivity index (χ4n) is 2.11. The highest BCUT2D eigenvalue weighted by Crippen LogP contribution is 2.28. The number of halogens is 1. The van der Waals surface area contributed by atoms with Crippen molar-refractivity contribution >= 4 is 34.4 Å². The molecule has 23 heavy (non-hydrogen) atoms. The number of ether oxygens (including phenoxy) is 1. The third-order valence-electron chi connectivity index (χ3n) is 3.17. The minimum absolute atomic E-state index is 0.414. The minimum atomic E-state index is 0.414. The van der Waals surface area contributed by atoms with Gasteiger partial charge in [0.05, 0.1) is 18.9 Å². The first kappa shape index (κ1) is 15.6. The summed E-state index contributed by atoms with van der Waals surface area (Å²) in [7, 11) is 1.62. The number of aromatic nitrogens is 3. The van der Waals surface area contributed by atoms with Gasteiger partial charge in [0.25, 0.3) is 0 Å². The maximum atomic E-state index is 5.38. The molecule has 0 radical (unpaired) electrons. The SMILES string of the molecule is COc1ccccc1-c1n[nH]c(=S)n1/N=C\c1cccc(Br)c1. The Bertz CT molecular complexity index is 916. The summed E-state index contributed by atoms with van der Waals surface area (Å²) in [6.07, 6.45) is 1.73. The molecule has 7 heteroatoms. The van der Waals surface area contributed by atoms with Gasteiger partial charge in [-0.05, 0) is 42.0 Å². The smallest absolute Gasteiger partial charge is 0.216 e. The summed E-state index contributed by atoms with van der Waals surface area (Å²) in [5.74, 6) is 1.30. The van der Waals surface area contributed by atoms with Gasteiger partial charge in [0.1, 0.15) is 5.75 Å². The van der Waals surface area contributed by atoms with Gasteiger partial charge < -0.3 is 4.74 Å². The number of para-hydroxylation sites is 1. The third-order valence-corrected chi connectivity index (χ3v) is 3.93. The van der Waals surface area contributed by atoms with Gasteiger partial charge in [-0.1, -0.05) is 40.2 Å². The molecule has 0 saturated carbocycles. The zero-order valence-corrected chi connectivity index (χ0v) is 14.6. The number of hydrogen-bond donors (Lipinski definition) is 1. The summed E-state index contributed by atoms with van der Waals surface area (Å²) >= 11 is 8.72. The largest absolute Gasteiger partial charge is 0.496 e. The lowest BCUT2D eigenvalue weighted by Crippen LogP contribution is -1.97. The highest BCUT2D eigenvalue weighted by molar-refractivity contribution is 9.10. The summed E-state index contributed by atoms with van der Waals surface area (Å²) in [6.45, 7) is 0. The Morgan fingerprint density at radius 1 is 1.26 bits per heavy atom. The molecular formula is C16H13BrN4OS. The predicted molar refractivity (Wildman–Crippen MR) is 96.5 cm³/mol. The minimum Gasteiger partial charge on any atom is -0.496 e. The average Bonchev–Trinajstić information content (AvgIpc) is 2.93. The molecule has 116 valence electrons. The van der Waals surface area contributed by atoms with Crippen LogP contribution in [-0.4, -0.2) is 28.2 Å². The van der Waals surface area contributed by atoms with E-state index >= 15 is 0 Å². The van der Waals surface area contributed by atoms with Gasteiger partial charge in [-0.3, -0.25) is 0 Å². The molecule has 0 amide bonds. The van der Waals surface area contributed by atoms with E-state index in [1.54, 1.807) is 18.0 Å². The van der Waals surface area contributed by atoms with Crippen LogP contribution in [0.4, 0.5) is 0 Å². The van der Waals surface area contributed by atoms with Crippen molar-refractivity contribution in [2.24, 2.45) is 5.10 Å². The van der Waals surface area contributed by atoms with Crippen molar-refractivity contribution in [3.05, 3.63) is 63.3 Å². The van der Waals surface area contributed by atoms with Gasteiger partial charge in [0.15, 0.2) is 5.82 Å². The van der Waals surface area contributed by atoms with Crippen molar-refractivity contribution in [1.29, 1.82) is 0 Å². The molecule has 3 rings (SSSR count). The first-order chi connectivity index (χ1) is 11.2. The third kappa shape index (κ3) is 3.40. The number of methoxy groups -OCH3 is 1. The Morgan fingerprint density at radius 2 is 2.09 bits per heavy atom. The van der Waals surface area contributed by atoms with Gasteiger partial charge in [-0.2, -0.15) is 14.9 Å². The van der Waals surface area contributed by atoms with Crippen molar-refractivity contribution in [2.75, 3.05) is 7.11 Å². The topological polar surface area (TPSA) is 55.2 Å². The molecule has 1 heterocycles. The highest BCUT2D eigenvalue weighted by atomic mass is 79.9. The van der Waals surface area contributed by atoms with E-state index in [-0.39, 0.29) is 0 Å². The molecule has 2 aromatic carbocycles. The Hall–Kier alpha value is -2.25. The first-order valence-electron chi connectivity index (χ1n) is 6.80. The van der Waals surface area contributed by atoms with Crippen LogP contribution in [-0.2, 0) is 0 Å². The molecule has 0 atom stereocenters. The zero-order valence-electron chi connectivity index (χ0n) is 12.2. The van der Waals surface area contributed by atoms with E-state index < -0.39 is 0 Å². The maximum absolute atomic E-state index is 5.38. The van der Waals surface area contributed by atoms with E-state index in [0.717, 1.165) is 15.6 Å². The lowest BCUT2D eigenvalue weighted by atomic mass is 10.2. The van der Waals surface area contributed by atoms with Crippen LogP contribution in [0.3, 0.4) is 0 Å². The number of H-pyrrole nitrogens is 1. The van der Waals surface area contributed by atoms with Crippen LogP contribution in [0.2, 0.25) is 0 Å². The molecule has 0 saturated heterocycles. The summed E-state index contributed by atoms with van der Waals surface area (Å²) in [5, 5.41) is 11.5. The van der Waals surface area contributed by atoms with Gasteiger partial charge >= 0.3 is 0 Å². The molecule has 0 aliphatic carbocycles. The summed E-state index contributed by atoms with van der Waals surface area (Å²) in [6, 6.07) is 15.4. The Morgan fingerprint density at radius 3 is 2.87 bits per heavy atom. The Kier molecular flexibility index (Phi) is 4.68. The molecule has 5 nitrogen and oxygen atoms in total. The summed E-state index contributed by atoms with van der Waals surface area (Å²) in [4.78, 5) is 0. The van der Waals surface area contributed by atoms with E-state index in [4.69, 9.17) is 17.0 Å². The molecular weight excluding hydrogens is 376 g/mol. The van der Waals surface area contributed by atoms with Crippen LogP contribution in [0.5, 0.6) is 5.75 Å². The summed E-state index contributed by atoms with van der Waals surface area (Å²) < 4.78 is 8.36. The van der Waals surface area contributed by atoms with E-state index in [2.05, 4.69) is 31.2 Å². The maximum Gasteiger partial charge on any atom is 0.216 e. The Labute approximate surface area is 146 Å². The van der Waals surface area contributed by atoms with Crippen LogP contribution < -0.4 is 4.74 Å². The fourth-order valence-corrected chi connectivity index (χ4v) is 2.71. The van der Waals surface area contributed by atoms with Gasteiger partial charge in [0.2, 0.25) is 4.77 Å². The molecule has 0 aliphatic rings. The fraction of sp³-hybridized carbons (Fsp3) is 0.0625. The second kappa shape index (κ2) is 6.89. The number of benzene rings is 2. The monoisotopic (exact) mass is 388 g/mol. The lowest BCUT2D eigenvalue weighted by molar-refractivity contribution is 0.416. The van der Waals surface area contributed by atoms with Crippen LogP contribution in [0, 0.1) is 4.77 Å². The molecule has 3 aromatic rings. The molecule has 1 N–H and O–H groups in total. The van der Waals surface area contributed by atoms with Crippen LogP contribution >= 0.6 is 28.1 Å². The molecule has 0 spiro atoms. The molecule has 0 aliphatic heterocycles. The van der Waals surface area contributed by atoms with Crippen molar-refractivity contribution < 1.29 is 4.74 Å². The van der Waals surface area contributed by atoms with E-state index in [1.807, 2.05) is 48.5 Å². The van der Waals surface area contributed by atoms with Crippen molar-refractivity contribution in [3.8, 4) is 17.1 Å². The number of rotatable bonds is 4. The predicted octanol–water partition coefficient (Wildman–Crippen LogP) is 4.26. The average molecular weight is 389 g/mol. The standard InChI is InChI=1S/C16H13BrN4OS/c1-22-14-8-3-2-7-13(14)15-19-20-16(23)21(15)18-10-11-5-4-6-12(17)9-11/h2-10H,1H3,(H,20,23)/b18-10-. The van der Waals surface area contributed by atoms with E-state index in [0.29, 0.717) is 16.3 Å². The number of nitrogens with zero attached hydrogens (tertiary/aromatic N) is 3. The Balaban J connectivity index is 2.04. The van der Waals surface area contributed by atoms with E-state index in [1.165, 1.54) is 0 Å². The van der Waals surface area contributed by atoms with E-state index in [9.17, 15) is 0 Å². The molecule has 0 bridgehead atoms. The second-order valence-corrected chi connectivity index (χ2v) is 5.97. The van der Waals surface area contributed by atoms with Crippen molar-refractivity contribution in [1.82, 2.24) is 14.9 Å². The lowest BCUT2D eigenvalue weighted by Gasteiger charge is -2.06. The number of hydrogen-bond acceptors (Lipinski definition) is 4. The first-order valence-corrected chi connectivity index (χ1v) is 8.00. The zero-order chi connectivity index (χ0) is 16.2. The number of aromatic amines is 1.